The van der Waals surface area contributed by atoms with Crippen LogP contribution in [0.15, 0.2) is 30.4 Å². The van der Waals surface area contributed by atoms with Gasteiger partial charge in [0.1, 0.15) is 11.6 Å². The molecule has 0 aliphatic rings. The second-order valence-corrected chi connectivity index (χ2v) is 2.70. The average Bonchev–Trinajstić information content (AvgIpc) is 2.18. The number of benzene rings is 1. The highest BCUT2D eigenvalue weighted by Gasteiger charge is 2.09. The van der Waals surface area contributed by atoms with Crippen molar-refractivity contribution in [3.8, 4) is 5.75 Å². The summed E-state index contributed by atoms with van der Waals surface area (Å²) >= 11 is 0. The predicted octanol–water partition coefficient (Wildman–Crippen LogP) is 1.35. The number of phenols is 1. The van der Waals surface area contributed by atoms with Gasteiger partial charge in [0.25, 0.3) is 0 Å². The smallest absolute Gasteiger partial charge is 0.328 e. The third kappa shape index (κ3) is 2.91. The first-order valence-corrected chi connectivity index (χ1v) is 3.94. The van der Waals surface area contributed by atoms with E-state index in [2.05, 4.69) is 0 Å². The highest BCUT2D eigenvalue weighted by Crippen LogP contribution is 2.18. The molecule has 2 N–H and O–H groups in total. The second-order valence-electron chi connectivity index (χ2n) is 2.70. The lowest BCUT2D eigenvalue weighted by molar-refractivity contribution is -0.131. The molecule has 0 saturated heterocycles. The summed E-state index contributed by atoms with van der Waals surface area (Å²) in [4.78, 5) is 21.4. The Kier molecular flexibility index (Phi) is 3.17. The normalized spacial score (nSPS) is 10.5. The van der Waals surface area contributed by atoms with E-state index in [-0.39, 0.29) is 5.56 Å². The maximum absolute atomic E-state index is 12.7. The van der Waals surface area contributed by atoms with E-state index in [0.717, 1.165) is 24.3 Å². The molecule has 5 heteroatoms. The molecule has 0 saturated carbocycles. The minimum Gasteiger partial charge on any atom is -0.507 e. The van der Waals surface area contributed by atoms with Gasteiger partial charge in [-0.05, 0) is 24.3 Å². The number of aromatic hydroxyl groups is 1. The monoisotopic (exact) mass is 210 g/mol. The number of carbonyl (C=O) groups excluding carboxylic acids is 1. The van der Waals surface area contributed by atoms with Crippen molar-refractivity contribution in [2.75, 3.05) is 0 Å². The van der Waals surface area contributed by atoms with Crippen molar-refractivity contribution in [1.29, 1.82) is 0 Å². The summed E-state index contributed by atoms with van der Waals surface area (Å²) in [6.45, 7) is 0. The predicted molar refractivity (Wildman–Crippen MR) is 49.2 cm³/mol. The fraction of sp³-hybridized carbons (Fsp3) is 0. The Bertz CT molecular complexity index is 437. The van der Waals surface area contributed by atoms with Crippen molar-refractivity contribution in [2.45, 2.75) is 0 Å². The molecule has 1 aromatic carbocycles. The standard InChI is InChI=1S/C10H7FO4/c11-6-1-2-8(12)7(5-6)9(13)3-4-10(14)15/h1-5,12H,(H,14,15)/b4-3+. The van der Waals surface area contributed by atoms with Crippen LogP contribution < -0.4 is 0 Å². The molecule has 15 heavy (non-hydrogen) atoms. The Hall–Kier alpha value is -2.17. The molecule has 0 amide bonds. The van der Waals surface area contributed by atoms with Crippen LogP contribution in [0, 0.1) is 5.82 Å². The Morgan fingerprint density at radius 2 is 1.93 bits per heavy atom. The highest BCUT2D eigenvalue weighted by atomic mass is 19.1. The zero-order valence-corrected chi connectivity index (χ0v) is 7.48. The number of carbonyl (C=O) groups is 2. The minimum atomic E-state index is -1.29. The van der Waals surface area contributed by atoms with Crippen LogP contribution in [-0.2, 0) is 4.79 Å². The lowest BCUT2D eigenvalue weighted by atomic mass is 10.1. The Labute approximate surface area is 84.3 Å². The largest absolute Gasteiger partial charge is 0.507 e. The molecular formula is C10H7FO4. The third-order valence-corrected chi connectivity index (χ3v) is 1.60. The average molecular weight is 210 g/mol. The van der Waals surface area contributed by atoms with Crippen molar-refractivity contribution in [2.24, 2.45) is 0 Å². The molecule has 78 valence electrons. The number of allylic oxidation sites excluding steroid dienone is 1. The maximum atomic E-state index is 12.7. The lowest BCUT2D eigenvalue weighted by Crippen LogP contribution is -1.98. The van der Waals surface area contributed by atoms with Crippen LogP contribution in [0.4, 0.5) is 4.39 Å². The number of aliphatic carboxylic acids is 1. The van der Waals surface area contributed by atoms with Gasteiger partial charge in [0.05, 0.1) is 5.56 Å². The van der Waals surface area contributed by atoms with E-state index < -0.39 is 23.3 Å². The summed E-state index contributed by atoms with van der Waals surface area (Å²) in [5.74, 6) is -3.13. The molecular weight excluding hydrogens is 203 g/mol. The first-order valence-electron chi connectivity index (χ1n) is 3.94. The van der Waals surface area contributed by atoms with E-state index in [1.165, 1.54) is 0 Å². The van der Waals surface area contributed by atoms with E-state index in [0.29, 0.717) is 6.08 Å². The van der Waals surface area contributed by atoms with Crippen molar-refractivity contribution < 1.29 is 24.2 Å². The molecule has 0 bridgehead atoms. The van der Waals surface area contributed by atoms with Gasteiger partial charge in [-0.15, -0.1) is 0 Å². The maximum Gasteiger partial charge on any atom is 0.328 e. The number of ketones is 1. The first kappa shape index (κ1) is 10.9. The molecule has 0 aromatic heterocycles. The van der Waals surface area contributed by atoms with Crippen molar-refractivity contribution in [1.82, 2.24) is 0 Å². The van der Waals surface area contributed by atoms with Crippen molar-refractivity contribution >= 4 is 11.8 Å². The van der Waals surface area contributed by atoms with Crippen LogP contribution >= 0.6 is 0 Å². The Morgan fingerprint density at radius 3 is 2.53 bits per heavy atom. The lowest BCUT2D eigenvalue weighted by Gasteiger charge is -1.99. The van der Waals surface area contributed by atoms with Gasteiger partial charge >= 0.3 is 5.97 Å². The summed E-state index contributed by atoms with van der Waals surface area (Å²) in [6.07, 6.45) is 1.36. The molecule has 0 fully saturated rings. The van der Waals surface area contributed by atoms with Gasteiger partial charge in [0, 0.05) is 6.08 Å². The van der Waals surface area contributed by atoms with E-state index in [9.17, 15) is 19.1 Å². The van der Waals surface area contributed by atoms with Crippen LogP contribution in [0.5, 0.6) is 5.75 Å². The van der Waals surface area contributed by atoms with Crippen molar-refractivity contribution in [3.63, 3.8) is 0 Å². The highest BCUT2D eigenvalue weighted by molar-refractivity contribution is 6.08. The van der Waals surface area contributed by atoms with Crippen LogP contribution in [-0.4, -0.2) is 22.0 Å². The molecule has 0 heterocycles. The van der Waals surface area contributed by atoms with Crippen molar-refractivity contribution in [3.05, 3.63) is 41.7 Å². The second kappa shape index (κ2) is 4.36. The molecule has 0 aliphatic heterocycles. The van der Waals surface area contributed by atoms with Gasteiger partial charge in [0.2, 0.25) is 0 Å². The molecule has 1 aromatic rings. The van der Waals surface area contributed by atoms with Gasteiger partial charge in [-0.1, -0.05) is 0 Å². The van der Waals surface area contributed by atoms with Crippen LogP contribution in [0.3, 0.4) is 0 Å². The van der Waals surface area contributed by atoms with E-state index in [1.807, 2.05) is 0 Å². The molecule has 0 aliphatic carbocycles. The number of carboxylic acid groups (broad SMARTS) is 1. The number of hydrogen-bond acceptors (Lipinski definition) is 3. The summed E-state index contributed by atoms with van der Waals surface area (Å²) in [7, 11) is 0. The van der Waals surface area contributed by atoms with Gasteiger partial charge in [-0.25, -0.2) is 9.18 Å². The summed E-state index contributed by atoms with van der Waals surface area (Å²) in [6, 6.07) is 2.86. The van der Waals surface area contributed by atoms with Gasteiger partial charge in [0.15, 0.2) is 5.78 Å². The number of phenolic OH excluding ortho intramolecular Hbond substituents is 1. The molecule has 0 atom stereocenters. The SMILES string of the molecule is O=C(O)/C=C/C(=O)c1cc(F)ccc1O. The zero-order valence-electron chi connectivity index (χ0n) is 7.48. The molecule has 0 radical (unpaired) electrons. The third-order valence-electron chi connectivity index (χ3n) is 1.60. The Morgan fingerprint density at radius 1 is 1.27 bits per heavy atom. The van der Waals surface area contributed by atoms with Gasteiger partial charge in [-0.3, -0.25) is 4.79 Å². The van der Waals surface area contributed by atoms with Gasteiger partial charge in [-0.2, -0.15) is 0 Å². The first-order chi connectivity index (χ1) is 7.00. The Balaban J connectivity index is 3.01. The molecule has 4 nitrogen and oxygen atoms in total. The zero-order chi connectivity index (χ0) is 11.4. The summed E-state index contributed by atoms with van der Waals surface area (Å²) < 4.78 is 12.7. The minimum absolute atomic E-state index is 0.271. The topological polar surface area (TPSA) is 74.6 Å². The fourth-order valence-electron chi connectivity index (χ4n) is 0.942. The fourth-order valence-corrected chi connectivity index (χ4v) is 0.942. The van der Waals surface area contributed by atoms with E-state index in [4.69, 9.17) is 5.11 Å². The summed E-state index contributed by atoms with van der Waals surface area (Å²) in [5, 5.41) is 17.5. The van der Waals surface area contributed by atoms with Gasteiger partial charge < -0.3 is 10.2 Å². The quantitative estimate of drug-likeness (QED) is 0.583. The number of carboxylic acids is 1. The number of halogens is 1. The van der Waals surface area contributed by atoms with Crippen LogP contribution in [0.2, 0.25) is 0 Å². The molecule has 1 rings (SSSR count). The number of hydrogen-bond donors (Lipinski definition) is 2. The van der Waals surface area contributed by atoms with E-state index in [1.54, 1.807) is 0 Å². The van der Waals surface area contributed by atoms with Crippen LogP contribution in [0.25, 0.3) is 0 Å². The van der Waals surface area contributed by atoms with Crippen LogP contribution in [0.1, 0.15) is 10.4 Å². The summed E-state index contributed by atoms with van der Waals surface area (Å²) in [5.41, 5.74) is -0.271. The molecule has 0 unspecified atom stereocenters. The van der Waals surface area contributed by atoms with E-state index >= 15 is 0 Å². The molecule has 0 spiro atoms. The number of rotatable bonds is 3.